The molecule has 92 valence electrons. The van der Waals surface area contributed by atoms with Gasteiger partial charge in [-0.1, -0.05) is 6.07 Å². The number of rotatable bonds is 3. The average molecular weight is 239 g/mol. The lowest BCUT2D eigenvalue weighted by Gasteiger charge is -2.12. The first-order chi connectivity index (χ1) is 8.08. The van der Waals surface area contributed by atoms with Gasteiger partial charge in [0.1, 0.15) is 11.6 Å². The third-order valence-electron chi connectivity index (χ3n) is 2.63. The summed E-state index contributed by atoms with van der Waals surface area (Å²) in [5, 5.41) is 0. The molecule has 1 unspecified atom stereocenters. The minimum atomic E-state index is -0.629. The van der Waals surface area contributed by atoms with Crippen molar-refractivity contribution in [1.82, 2.24) is 0 Å². The highest BCUT2D eigenvalue weighted by molar-refractivity contribution is 5.76. The molecule has 1 heterocycles. The number of ether oxygens (including phenoxy) is 2. The summed E-state index contributed by atoms with van der Waals surface area (Å²) in [6.45, 7) is 2.05. The van der Waals surface area contributed by atoms with Crippen LogP contribution in [-0.2, 0) is 9.53 Å². The number of cyclic esters (lactones) is 1. The molecule has 2 N–H and O–H groups in total. The fourth-order valence-electron chi connectivity index (χ4n) is 1.70. The van der Waals surface area contributed by atoms with Crippen LogP contribution in [0.5, 0.6) is 5.75 Å². The van der Waals surface area contributed by atoms with Gasteiger partial charge >= 0.3 is 5.97 Å². The topological polar surface area (TPSA) is 61.6 Å². The molecule has 2 atom stereocenters. The summed E-state index contributed by atoms with van der Waals surface area (Å²) in [6, 6.07) is 4.04. The summed E-state index contributed by atoms with van der Waals surface area (Å²) in [6.07, 6.45) is -0.134. The molecular weight excluding hydrogens is 225 g/mol. The Bertz CT molecular complexity index is 434. The van der Waals surface area contributed by atoms with Crippen LogP contribution in [0.2, 0.25) is 0 Å². The Hall–Kier alpha value is -1.62. The molecule has 1 aromatic carbocycles. The van der Waals surface area contributed by atoms with Crippen LogP contribution in [0.25, 0.3) is 0 Å². The van der Waals surface area contributed by atoms with Crippen LogP contribution in [0.1, 0.15) is 24.9 Å². The Morgan fingerprint density at radius 1 is 1.59 bits per heavy atom. The quantitative estimate of drug-likeness (QED) is 0.813. The minimum Gasteiger partial charge on any atom is -0.478 e. The van der Waals surface area contributed by atoms with E-state index < -0.39 is 17.9 Å². The number of carbonyl (C=O) groups excluding carboxylic acids is 1. The van der Waals surface area contributed by atoms with Gasteiger partial charge in [0.05, 0.1) is 6.61 Å². The Balaban J connectivity index is 2.12. The SMILES string of the molecule is C[C@@H](N)c1ccc(OC2CCOC2=O)cc1F. The maximum absolute atomic E-state index is 13.6. The third-order valence-corrected chi connectivity index (χ3v) is 2.63. The number of nitrogens with two attached hydrogens (primary N) is 1. The van der Waals surface area contributed by atoms with E-state index in [2.05, 4.69) is 0 Å². The largest absolute Gasteiger partial charge is 0.478 e. The Morgan fingerprint density at radius 3 is 2.88 bits per heavy atom. The number of hydrogen-bond acceptors (Lipinski definition) is 4. The summed E-state index contributed by atoms with van der Waals surface area (Å²) in [5.41, 5.74) is 6.02. The second-order valence-corrected chi connectivity index (χ2v) is 4.03. The Kier molecular flexibility index (Phi) is 3.28. The second-order valence-electron chi connectivity index (χ2n) is 4.03. The molecule has 5 heteroatoms. The number of esters is 1. The molecule has 1 aliphatic heterocycles. The van der Waals surface area contributed by atoms with Gasteiger partial charge in [-0.05, 0) is 13.0 Å². The van der Waals surface area contributed by atoms with Crippen molar-refractivity contribution in [2.45, 2.75) is 25.5 Å². The molecule has 2 rings (SSSR count). The van der Waals surface area contributed by atoms with Gasteiger partial charge in [0.2, 0.25) is 0 Å². The fourth-order valence-corrected chi connectivity index (χ4v) is 1.70. The van der Waals surface area contributed by atoms with Crippen LogP contribution in [-0.4, -0.2) is 18.7 Å². The maximum atomic E-state index is 13.6. The van der Waals surface area contributed by atoms with Gasteiger partial charge in [0.25, 0.3) is 0 Å². The molecule has 0 aliphatic carbocycles. The summed E-state index contributed by atoms with van der Waals surface area (Å²) in [4.78, 5) is 11.2. The third kappa shape index (κ3) is 2.55. The summed E-state index contributed by atoms with van der Waals surface area (Å²) in [7, 11) is 0. The van der Waals surface area contributed by atoms with Gasteiger partial charge in [-0.25, -0.2) is 9.18 Å². The highest BCUT2D eigenvalue weighted by atomic mass is 19.1. The molecule has 0 bridgehead atoms. The first-order valence-electron chi connectivity index (χ1n) is 5.46. The lowest BCUT2D eigenvalue weighted by Crippen LogP contribution is -2.21. The van der Waals surface area contributed by atoms with Crippen molar-refractivity contribution in [3.63, 3.8) is 0 Å². The summed E-state index contributed by atoms with van der Waals surface area (Å²) >= 11 is 0. The average Bonchev–Trinajstić information content (AvgIpc) is 2.64. The molecule has 1 aliphatic rings. The van der Waals surface area contributed by atoms with Crippen LogP contribution < -0.4 is 10.5 Å². The zero-order valence-electron chi connectivity index (χ0n) is 9.48. The van der Waals surface area contributed by atoms with E-state index in [4.69, 9.17) is 15.2 Å². The minimum absolute atomic E-state index is 0.316. The van der Waals surface area contributed by atoms with Gasteiger partial charge in [0.15, 0.2) is 6.10 Å². The number of halogens is 1. The van der Waals surface area contributed by atoms with E-state index in [0.29, 0.717) is 24.3 Å². The highest BCUT2D eigenvalue weighted by Gasteiger charge is 2.28. The van der Waals surface area contributed by atoms with E-state index in [-0.39, 0.29) is 6.04 Å². The molecule has 0 aromatic heterocycles. The van der Waals surface area contributed by atoms with Crippen LogP contribution in [0.3, 0.4) is 0 Å². The molecule has 4 nitrogen and oxygen atoms in total. The number of hydrogen-bond donors (Lipinski definition) is 1. The first kappa shape index (κ1) is 11.9. The molecule has 17 heavy (non-hydrogen) atoms. The molecule has 1 fully saturated rings. The molecule has 0 radical (unpaired) electrons. The van der Waals surface area contributed by atoms with Crippen molar-refractivity contribution < 1.29 is 18.7 Å². The van der Waals surface area contributed by atoms with Crippen LogP contribution >= 0.6 is 0 Å². The van der Waals surface area contributed by atoms with Crippen molar-refractivity contribution in [3.8, 4) is 5.75 Å². The lowest BCUT2D eigenvalue weighted by molar-refractivity contribution is -0.143. The van der Waals surface area contributed by atoms with Gasteiger partial charge < -0.3 is 15.2 Å². The van der Waals surface area contributed by atoms with E-state index in [1.165, 1.54) is 6.07 Å². The van der Waals surface area contributed by atoms with E-state index in [0.717, 1.165) is 0 Å². The van der Waals surface area contributed by atoms with E-state index in [1.807, 2.05) is 0 Å². The molecule has 0 saturated carbocycles. The fraction of sp³-hybridized carbons (Fsp3) is 0.417. The Labute approximate surface area is 98.5 Å². The van der Waals surface area contributed by atoms with Crippen molar-refractivity contribution >= 4 is 5.97 Å². The standard InChI is InChI=1S/C12H14FNO3/c1-7(14)9-3-2-8(6-10(9)13)17-11-4-5-16-12(11)15/h2-3,6-7,11H,4-5,14H2,1H3/t7-,11?/m1/s1. The predicted molar refractivity (Wildman–Crippen MR) is 59.0 cm³/mol. The molecule has 1 aromatic rings. The van der Waals surface area contributed by atoms with Crippen LogP contribution in [0.15, 0.2) is 18.2 Å². The van der Waals surface area contributed by atoms with E-state index in [9.17, 15) is 9.18 Å². The second kappa shape index (κ2) is 4.71. The number of carbonyl (C=O) groups is 1. The van der Waals surface area contributed by atoms with Gasteiger partial charge in [-0.15, -0.1) is 0 Å². The molecule has 1 saturated heterocycles. The highest BCUT2D eigenvalue weighted by Crippen LogP contribution is 2.23. The normalized spacial score (nSPS) is 21.1. The Morgan fingerprint density at radius 2 is 2.35 bits per heavy atom. The zero-order valence-corrected chi connectivity index (χ0v) is 9.48. The molecule has 0 spiro atoms. The summed E-state index contributed by atoms with van der Waals surface area (Å²) in [5.74, 6) is -0.513. The summed E-state index contributed by atoms with van der Waals surface area (Å²) < 4.78 is 23.7. The molecule has 0 amide bonds. The van der Waals surface area contributed by atoms with Gasteiger partial charge in [0, 0.05) is 24.1 Å². The predicted octanol–water partition coefficient (Wildman–Crippen LogP) is 1.54. The first-order valence-corrected chi connectivity index (χ1v) is 5.46. The van der Waals surface area contributed by atoms with E-state index in [1.54, 1.807) is 19.1 Å². The molecular formula is C12H14FNO3. The number of benzene rings is 1. The van der Waals surface area contributed by atoms with Gasteiger partial charge in [-0.3, -0.25) is 0 Å². The van der Waals surface area contributed by atoms with Crippen LogP contribution in [0.4, 0.5) is 4.39 Å². The van der Waals surface area contributed by atoms with Crippen molar-refractivity contribution in [1.29, 1.82) is 0 Å². The smallest absolute Gasteiger partial charge is 0.347 e. The van der Waals surface area contributed by atoms with Crippen LogP contribution in [0, 0.1) is 5.82 Å². The maximum Gasteiger partial charge on any atom is 0.347 e. The monoisotopic (exact) mass is 239 g/mol. The van der Waals surface area contributed by atoms with Crippen molar-refractivity contribution in [3.05, 3.63) is 29.6 Å². The van der Waals surface area contributed by atoms with E-state index >= 15 is 0 Å². The van der Waals surface area contributed by atoms with Crippen molar-refractivity contribution in [2.75, 3.05) is 6.61 Å². The van der Waals surface area contributed by atoms with Gasteiger partial charge in [-0.2, -0.15) is 0 Å². The van der Waals surface area contributed by atoms with Crippen molar-refractivity contribution in [2.24, 2.45) is 5.73 Å². The zero-order chi connectivity index (χ0) is 12.4. The lowest BCUT2D eigenvalue weighted by atomic mass is 10.1.